The molecule has 0 aromatic heterocycles. The molecule has 0 aliphatic heterocycles. The van der Waals surface area contributed by atoms with E-state index >= 15 is 0 Å². The van der Waals surface area contributed by atoms with E-state index in [0.717, 1.165) is 6.07 Å². The third kappa shape index (κ3) is 6.27. The van der Waals surface area contributed by atoms with Crippen molar-refractivity contribution < 1.29 is 18.8 Å². The van der Waals surface area contributed by atoms with Gasteiger partial charge in [0.15, 0.2) is 0 Å². The largest absolute Gasteiger partial charge is 0.376 e. The van der Waals surface area contributed by atoms with Crippen LogP contribution in [-0.4, -0.2) is 30.8 Å². The number of rotatable bonds is 8. The number of hydrogen-bond donors (Lipinski definition) is 4. The highest BCUT2D eigenvalue weighted by Crippen LogP contribution is 2.22. The molecule has 0 spiro atoms. The Labute approximate surface area is 160 Å². The fourth-order valence-corrected chi connectivity index (χ4v) is 2.40. The number of nitrogens with one attached hydrogen (secondary N) is 3. The maximum atomic E-state index is 13.0. The molecule has 0 saturated heterocycles. The summed E-state index contributed by atoms with van der Waals surface area (Å²) in [5, 5.41) is 8.07. The van der Waals surface area contributed by atoms with Crippen molar-refractivity contribution in [3.8, 4) is 0 Å². The van der Waals surface area contributed by atoms with Crippen LogP contribution in [-0.2, 0) is 9.59 Å². The molecule has 2 aromatic rings. The summed E-state index contributed by atoms with van der Waals surface area (Å²) in [4.78, 5) is 35.0. The molecule has 0 radical (unpaired) electrons. The Hall–Kier alpha value is -3.13. The zero-order valence-corrected chi connectivity index (χ0v) is 15.0. The van der Waals surface area contributed by atoms with Gasteiger partial charge in [-0.2, -0.15) is 0 Å². The lowest BCUT2D eigenvalue weighted by Crippen LogP contribution is -2.29. The second-order valence-electron chi connectivity index (χ2n) is 5.54. The lowest BCUT2D eigenvalue weighted by Gasteiger charge is -2.12. The van der Waals surface area contributed by atoms with E-state index in [9.17, 15) is 18.8 Å². The number of carbonyl (C=O) groups is 3. The summed E-state index contributed by atoms with van der Waals surface area (Å²) in [5.74, 6) is -1.85. The summed E-state index contributed by atoms with van der Waals surface area (Å²) in [6.07, 6.45) is 0.0299. The second-order valence-corrected chi connectivity index (χ2v) is 5.95. The maximum Gasteiger partial charge on any atom is 0.253 e. The van der Waals surface area contributed by atoms with Crippen molar-refractivity contribution in [1.82, 2.24) is 5.32 Å². The van der Waals surface area contributed by atoms with Crippen LogP contribution in [0, 0.1) is 5.82 Å². The van der Waals surface area contributed by atoms with E-state index in [2.05, 4.69) is 16.0 Å². The van der Waals surface area contributed by atoms with Crippen LogP contribution in [0.4, 0.5) is 15.8 Å². The lowest BCUT2D eigenvalue weighted by atomic mass is 10.1. The molecule has 5 N–H and O–H groups in total. The SMILES string of the molecule is NC(=O)CCNC(=O)c1ccccc1NCC(=O)Nc1ccc(F)cc1Cl. The van der Waals surface area contributed by atoms with E-state index in [-0.39, 0.29) is 30.2 Å². The first-order valence-electron chi connectivity index (χ1n) is 8.01. The number of anilines is 2. The summed E-state index contributed by atoms with van der Waals surface area (Å²) in [6, 6.07) is 10.2. The van der Waals surface area contributed by atoms with Crippen molar-refractivity contribution in [2.75, 3.05) is 23.7 Å². The highest BCUT2D eigenvalue weighted by molar-refractivity contribution is 6.33. The second kappa shape index (κ2) is 9.54. The molecule has 0 atom stereocenters. The van der Waals surface area contributed by atoms with Crippen molar-refractivity contribution in [1.29, 1.82) is 0 Å². The summed E-state index contributed by atoms with van der Waals surface area (Å²) in [7, 11) is 0. The number of amides is 3. The average Bonchev–Trinajstić information content (AvgIpc) is 2.62. The van der Waals surface area contributed by atoms with E-state index in [1.165, 1.54) is 12.1 Å². The molecule has 2 aromatic carbocycles. The van der Waals surface area contributed by atoms with E-state index in [0.29, 0.717) is 11.3 Å². The van der Waals surface area contributed by atoms with Crippen molar-refractivity contribution in [2.24, 2.45) is 5.73 Å². The number of hydrogen-bond acceptors (Lipinski definition) is 4. The van der Waals surface area contributed by atoms with Crippen molar-refractivity contribution in [3.05, 3.63) is 58.9 Å². The monoisotopic (exact) mass is 392 g/mol. The predicted octanol–water partition coefficient (Wildman–Crippen LogP) is 2.13. The van der Waals surface area contributed by atoms with Gasteiger partial charge in [0.05, 0.1) is 22.8 Å². The fourth-order valence-electron chi connectivity index (χ4n) is 2.19. The van der Waals surface area contributed by atoms with Gasteiger partial charge >= 0.3 is 0 Å². The quantitative estimate of drug-likeness (QED) is 0.551. The molecule has 0 aliphatic rings. The van der Waals surface area contributed by atoms with Gasteiger partial charge in [0.1, 0.15) is 5.82 Å². The van der Waals surface area contributed by atoms with Gasteiger partial charge in [-0.25, -0.2) is 4.39 Å². The minimum Gasteiger partial charge on any atom is -0.376 e. The Balaban J connectivity index is 1.96. The van der Waals surface area contributed by atoms with Crippen LogP contribution < -0.4 is 21.7 Å². The molecule has 9 heteroatoms. The molecule has 0 fully saturated rings. The summed E-state index contributed by atoms with van der Waals surface area (Å²) >= 11 is 5.87. The first-order chi connectivity index (χ1) is 12.9. The van der Waals surface area contributed by atoms with E-state index < -0.39 is 23.5 Å². The van der Waals surface area contributed by atoms with Crippen LogP contribution in [0.2, 0.25) is 5.02 Å². The molecule has 0 heterocycles. The number of carbonyl (C=O) groups excluding carboxylic acids is 3. The molecule has 0 unspecified atom stereocenters. The van der Waals surface area contributed by atoms with Gasteiger partial charge < -0.3 is 21.7 Å². The number of para-hydroxylation sites is 1. The first kappa shape index (κ1) is 20.2. The van der Waals surface area contributed by atoms with Gasteiger partial charge in [0.25, 0.3) is 5.91 Å². The fraction of sp³-hybridized carbons (Fsp3) is 0.167. The van der Waals surface area contributed by atoms with Gasteiger partial charge in [0, 0.05) is 18.7 Å². The number of primary amides is 1. The number of benzene rings is 2. The van der Waals surface area contributed by atoms with Gasteiger partial charge in [-0.05, 0) is 30.3 Å². The molecular formula is C18H18ClFN4O3. The standard InChI is InChI=1S/C18H18ClFN4O3/c19-13-9-11(20)5-6-15(13)24-17(26)10-23-14-4-2-1-3-12(14)18(27)22-8-7-16(21)25/h1-6,9,23H,7-8,10H2,(H2,21,25)(H,22,27)(H,24,26). The Morgan fingerprint density at radius 1 is 1.07 bits per heavy atom. The van der Waals surface area contributed by atoms with Crippen LogP contribution in [0.3, 0.4) is 0 Å². The highest BCUT2D eigenvalue weighted by Gasteiger charge is 2.12. The minimum atomic E-state index is -0.516. The van der Waals surface area contributed by atoms with E-state index in [1.54, 1.807) is 24.3 Å². The lowest BCUT2D eigenvalue weighted by molar-refractivity contribution is -0.118. The van der Waals surface area contributed by atoms with Crippen molar-refractivity contribution >= 4 is 40.7 Å². The third-order valence-corrected chi connectivity index (χ3v) is 3.79. The molecule has 7 nitrogen and oxygen atoms in total. The molecule has 0 bridgehead atoms. The van der Waals surface area contributed by atoms with Crippen molar-refractivity contribution in [2.45, 2.75) is 6.42 Å². The Morgan fingerprint density at radius 2 is 1.81 bits per heavy atom. The summed E-state index contributed by atoms with van der Waals surface area (Å²) < 4.78 is 13.0. The summed E-state index contributed by atoms with van der Waals surface area (Å²) in [6.45, 7) is -0.0225. The number of halogens is 2. The minimum absolute atomic E-state index is 0.0299. The average molecular weight is 393 g/mol. The third-order valence-electron chi connectivity index (χ3n) is 3.47. The highest BCUT2D eigenvalue weighted by atomic mass is 35.5. The normalized spacial score (nSPS) is 10.1. The molecule has 2 rings (SSSR count). The molecule has 3 amide bonds. The summed E-state index contributed by atoms with van der Waals surface area (Å²) in [5.41, 5.74) is 6.07. The molecular weight excluding hydrogens is 375 g/mol. The van der Waals surface area contributed by atoms with Crippen LogP contribution >= 0.6 is 11.6 Å². The van der Waals surface area contributed by atoms with Crippen LogP contribution in [0.5, 0.6) is 0 Å². The van der Waals surface area contributed by atoms with Crippen LogP contribution in [0.15, 0.2) is 42.5 Å². The van der Waals surface area contributed by atoms with Crippen molar-refractivity contribution in [3.63, 3.8) is 0 Å². The van der Waals surface area contributed by atoms with Gasteiger partial charge in [-0.15, -0.1) is 0 Å². The van der Waals surface area contributed by atoms with E-state index in [1.807, 2.05) is 0 Å². The zero-order valence-electron chi connectivity index (χ0n) is 14.2. The molecule has 142 valence electrons. The van der Waals surface area contributed by atoms with Gasteiger partial charge in [0.2, 0.25) is 11.8 Å². The Morgan fingerprint density at radius 3 is 2.52 bits per heavy atom. The Bertz CT molecular complexity index is 860. The maximum absolute atomic E-state index is 13.0. The smallest absolute Gasteiger partial charge is 0.253 e. The topological polar surface area (TPSA) is 113 Å². The van der Waals surface area contributed by atoms with Gasteiger partial charge in [-0.3, -0.25) is 14.4 Å². The Kier molecular flexibility index (Phi) is 7.13. The molecule has 27 heavy (non-hydrogen) atoms. The predicted molar refractivity (Wildman–Crippen MR) is 101 cm³/mol. The molecule has 0 saturated carbocycles. The van der Waals surface area contributed by atoms with Gasteiger partial charge in [-0.1, -0.05) is 23.7 Å². The zero-order chi connectivity index (χ0) is 19.8. The van der Waals surface area contributed by atoms with Crippen LogP contribution in [0.25, 0.3) is 0 Å². The van der Waals surface area contributed by atoms with E-state index in [4.69, 9.17) is 17.3 Å². The first-order valence-corrected chi connectivity index (χ1v) is 8.39. The van der Waals surface area contributed by atoms with Crippen LogP contribution in [0.1, 0.15) is 16.8 Å². The number of nitrogens with two attached hydrogens (primary N) is 1. The molecule has 0 aliphatic carbocycles.